The van der Waals surface area contributed by atoms with E-state index in [0.29, 0.717) is 43.4 Å². The summed E-state index contributed by atoms with van der Waals surface area (Å²) >= 11 is 0. The number of hydrogen-bond acceptors (Lipinski definition) is 3. The van der Waals surface area contributed by atoms with Gasteiger partial charge in [0.1, 0.15) is 5.75 Å². The Morgan fingerprint density at radius 3 is 2.65 bits per heavy atom. The van der Waals surface area contributed by atoms with Gasteiger partial charge in [-0.15, -0.1) is 0 Å². The second kappa shape index (κ2) is 11.1. The molecule has 178 valence electrons. The molecule has 2 atom stereocenters. The van der Waals surface area contributed by atoms with Crippen molar-refractivity contribution in [2.45, 2.75) is 32.7 Å². The van der Waals surface area contributed by atoms with Gasteiger partial charge in [0.05, 0.1) is 7.11 Å². The minimum absolute atomic E-state index is 0.0747. The van der Waals surface area contributed by atoms with Crippen LogP contribution >= 0.6 is 0 Å². The largest absolute Gasteiger partial charge is 0.497 e. The number of anilines is 1. The van der Waals surface area contributed by atoms with Crippen LogP contribution in [-0.4, -0.2) is 37.0 Å². The Kier molecular flexibility index (Phi) is 7.68. The fourth-order valence-electron chi connectivity index (χ4n) is 4.85. The van der Waals surface area contributed by atoms with Gasteiger partial charge in [0, 0.05) is 37.8 Å². The van der Waals surface area contributed by atoms with Crippen LogP contribution in [-0.2, 0) is 11.3 Å². The first kappa shape index (κ1) is 23.6. The number of carbonyl (C=O) groups excluding carboxylic acids is 2. The van der Waals surface area contributed by atoms with Crippen LogP contribution in [0.15, 0.2) is 66.7 Å². The molecule has 3 aromatic rings. The molecule has 6 nitrogen and oxygen atoms in total. The van der Waals surface area contributed by atoms with Crippen molar-refractivity contribution in [3.8, 4) is 5.75 Å². The molecule has 6 heteroatoms. The summed E-state index contributed by atoms with van der Waals surface area (Å²) in [5.41, 5.74) is 1.84. The molecule has 0 unspecified atom stereocenters. The van der Waals surface area contributed by atoms with Crippen molar-refractivity contribution in [1.29, 1.82) is 0 Å². The number of likely N-dealkylation sites (tertiary alicyclic amines) is 1. The first-order valence-corrected chi connectivity index (χ1v) is 12.0. The van der Waals surface area contributed by atoms with E-state index < -0.39 is 0 Å². The van der Waals surface area contributed by atoms with Gasteiger partial charge in [0.25, 0.3) is 0 Å². The number of nitrogens with one attached hydrogen (secondary N) is 2. The highest BCUT2D eigenvalue weighted by atomic mass is 16.5. The Morgan fingerprint density at radius 1 is 1.03 bits per heavy atom. The predicted molar refractivity (Wildman–Crippen MR) is 136 cm³/mol. The van der Waals surface area contributed by atoms with Crippen LogP contribution in [0.2, 0.25) is 0 Å². The number of amides is 3. The van der Waals surface area contributed by atoms with Crippen molar-refractivity contribution < 1.29 is 14.3 Å². The third-order valence-corrected chi connectivity index (χ3v) is 6.83. The Bertz CT molecular complexity index is 1140. The highest BCUT2D eigenvalue weighted by Gasteiger charge is 2.31. The third-order valence-electron chi connectivity index (χ3n) is 6.83. The normalized spacial score (nSPS) is 17.9. The molecule has 0 radical (unpaired) electrons. The number of piperidine rings is 1. The SMILES string of the molecule is CC[C@H]1CN(C(=O)Nc2cccc(OC)c2)CC[C@H]1CC(=O)NCc1cccc2ccccc12. The van der Waals surface area contributed by atoms with Crippen molar-refractivity contribution >= 4 is 28.4 Å². The third kappa shape index (κ3) is 5.68. The molecule has 1 fully saturated rings. The molecule has 4 rings (SSSR count). The standard InChI is InChI=1S/C28H33N3O3/c1-3-20-19-31(28(33)30-24-11-7-12-25(17-24)34-2)15-14-22(20)16-27(32)29-18-23-10-6-9-21-8-4-5-13-26(21)23/h4-13,17,20,22H,3,14-16,18-19H2,1-2H3,(H,29,32)(H,30,33)/t20-,22-/m0/s1. The number of urea groups is 1. The number of hydrogen-bond donors (Lipinski definition) is 2. The molecule has 1 aliphatic heterocycles. The molecule has 0 aliphatic carbocycles. The van der Waals surface area contributed by atoms with Gasteiger partial charge >= 0.3 is 6.03 Å². The average molecular weight is 460 g/mol. The van der Waals surface area contributed by atoms with Crippen LogP contribution in [0.1, 0.15) is 31.7 Å². The molecule has 2 N–H and O–H groups in total. The van der Waals surface area contributed by atoms with Crippen LogP contribution in [0.3, 0.4) is 0 Å². The first-order chi connectivity index (χ1) is 16.6. The molecule has 1 saturated heterocycles. The summed E-state index contributed by atoms with van der Waals surface area (Å²) in [4.78, 5) is 27.5. The number of fused-ring (bicyclic) bond motifs is 1. The van der Waals surface area contributed by atoms with E-state index in [0.717, 1.165) is 18.4 Å². The molecule has 3 aromatic carbocycles. The van der Waals surface area contributed by atoms with Crippen molar-refractivity contribution in [3.05, 3.63) is 72.3 Å². The molecule has 0 aromatic heterocycles. The lowest BCUT2D eigenvalue weighted by Crippen LogP contribution is -2.46. The second-order valence-corrected chi connectivity index (χ2v) is 8.94. The lowest BCUT2D eigenvalue weighted by Gasteiger charge is -2.38. The van der Waals surface area contributed by atoms with Crippen molar-refractivity contribution in [2.24, 2.45) is 11.8 Å². The highest BCUT2D eigenvalue weighted by molar-refractivity contribution is 5.89. The zero-order chi connectivity index (χ0) is 23.9. The van der Waals surface area contributed by atoms with E-state index in [1.54, 1.807) is 7.11 Å². The van der Waals surface area contributed by atoms with E-state index in [9.17, 15) is 9.59 Å². The maximum absolute atomic E-state index is 12.8. The van der Waals surface area contributed by atoms with Crippen molar-refractivity contribution in [2.75, 3.05) is 25.5 Å². The van der Waals surface area contributed by atoms with E-state index in [-0.39, 0.29) is 17.9 Å². The van der Waals surface area contributed by atoms with Gasteiger partial charge in [-0.25, -0.2) is 4.79 Å². The molecular weight excluding hydrogens is 426 g/mol. The molecular formula is C28H33N3O3. The lowest BCUT2D eigenvalue weighted by molar-refractivity contribution is -0.123. The number of rotatable bonds is 7. The van der Waals surface area contributed by atoms with Crippen molar-refractivity contribution in [3.63, 3.8) is 0 Å². The van der Waals surface area contributed by atoms with Crippen LogP contribution in [0.5, 0.6) is 5.75 Å². The Balaban J connectivity index is 1.30. The maximum atomic E-state index is 12.8. The number of benzene rings is 3. The summed E-state index contributed by atoms with van der Waals surface area (Å²) < 4.78 is 5.23. The number of ether oxygens (including phenoxy) is 1. The van der Waals surface area contributed by atoms with E-state index in [2.05, 4.69) is 41.8 Å². The molecule has 34 heavy (non-hydrogen) atoms. The van der Waals surface area contributed by atoms with Crippen LogP contribution in [0.25, 0.3) is 10.8 Å². The molecule has 0 bridgehead atoms. The quantitative estimate of drug-likeness (QED) is 0.495. The van der Waals surface area contributed by atoms with Crippen molar-refractivity contribution in [1.82, 2.24) is 10.2 Å². The Morgan fingerprint density at radius 2 is 1.82 bits per heavy atom. The van der Waals surface area contributed by atoms with Gasteiger partial charge in [-0.3, -0.25) is 4.79 Å². The monoisotopic (exact) mass is 459 g/mol. The van der Waals surface area contributed by atoms with Crippen LogP contribution in [0, 0.1) is 11.8 Å². The highest BCUT2D eigenvalue weighted by Crippen LogP contribution is 2.30. The smallest absolute Gasteiger partial charge is 0.321 e. The predicted octanol–water partition coefficient (Wildman–Crippen LogP) is 5.43. The Hall–Kier alpha value is -3.54. The molecule has 1 heterocycles. The summed E-state index contributed by atoms with van der Waals surface area (Å²) in [7, 11) is 1.61. The number of nitrogens with zero attached hydrogens (tertiary/aromatic N) is 1. The second-order valence-electron chi connectivity index (χ2n) is 8.94. The number of carbonyl (C=O) groups is 2. The Labute approximate surface area is 201 Å². The zero-order valence-electron chi connectivity index (χ0n) is 19.9. The summed E-state index contributed by atoms with van der Waals surface area (Å²) in [5, 5.41) is 8.44. The number of methoxy groups -OCH3 is 1. The summed E-state index contributed by atoms with van der Waals surface area (Å²) in [5.74, 6) is 1.36. The van der Waals surface area contributed by atoms with Gasteiger partial charge in [-0.05, 0) is 46.7 Å². The molecule has 3 amide bonds. The van der Waals surface area contributed by atoms with Gasteiger partial charge in [-0.2, -0.15) is 0 Å². The molecule has 0 saturated carbocycles. The molecule has 1 aliphatic rings. The lowest BCUT2D eigenvalue weighted by atomic mass is 9.81. The summed E-state index contributed by atoms with van der Waals surface area (Å²) in [6.45, 7) is 3.97. The van der Waals surface area contributed by atoms with E-state index in [4.69, 9.17) is 4.74 Å². The average Bonchev–Trinajstić information content (AvgIpc) is 2.87. The topological polar surface area (TPSA) is 70.7 Å². The van der Waals surface area contributed by atoms with Gasteiger partial charge in [0.15, 0.2) is 0 Å². The minimum atomic E-state index is -0.106. The fraction of sp³-hybridized carbons (Fsp3) is 0.357. The van der Waals surface area contributed by atoms with Crippen LogP contribution in [0.4, 0.5) is 10.5 Å². The van der Waals surface area contributed by atoms with E-state index in [1.807, 2.05) is 47.4 Å². The first-order valence-electron chi connectivity index (χ1n) is 12.0. The molecule has 0 spiro atoms. The van der Waals surface area contributed by atoms with Gasteiger partial charge in [0.2, 0.25) is 5.91 Å². The fourth-order valence-corrected chi connectivity index (χ4v) is 4.85. The minimum Gasteiger partial charge on any atom is -0.497 e. The van der Waals surface area contributed by atoms with E-state index >= 15 is 0 Å². The van der Waals surface area contributed by atoms with Gasteiger partial charge in [-0.1, -0.05) is 61.9 Å². The van der Waals surface area contributed by atoms with E-state index in [1.165, 1.54) is 10.8 Å². The zero-order valence-corrected chi connectivity index (χ0v) is 19.9. The van der Waals surface area contributed by atoms with Crippen LogP contribution < -0.4 is 15.4 Å². The van der Waals surface area contributed by atoms with Gasteiger partial charge < -0.3 is 20.3 Å². The summed E-state index contributed by atoms with van der Waals surface area (Å²) in [6, 6.07) is 21.7. The summed E-state index contributed by atoms with van der Waals surface area (Å²) in [6.07, 6.45) is 2.25. The maximum Gasteiger partial charge on any atom is 0.321 e.